The molecule has 2 aromatic heterocycles. The van der Waals surface area contributed by atoms with E-state index in [1.54, 1.807) is 23.9 Å². The Labute approximate surface area is 136 Å². The van der Waals surface area contributed by atoms with E-state index in [1.807, 2.05) is 30.5 Å². The Hall–Kier alpha value is -3.28. The van der Waals surface area contributed by atoms with Crippen molar-refractivity contribution in [3.63, 3.8) is 0 Å². The highest BCUT2D eigenvalue weighted by Crippen LogP contribution is 2.30. The summed E-state index contributed by atoms with van der Waals surface area (Å²) in [5.41, 5.74) is 1.00. The van der Waals surface area contributed by atoms with Crippen LogP contribution in [0.25, 0.3) is 27.8 Å². The van der Waals surface area contributed by atoms with Gasteiger partial charge in [-0.05, 0) is 6.07 Å². The fourth-order valence-electron chi connectivity index (χ4n) is 2.68. The van der Waals surface area contributed by atoms with E-state index < -0.39 is 0 Å². The number of aromatic nitrogens is 2. The Kier molecular flexibility index (Phi) is 3.23. The van der Waals surface area contributed by atoms with Crippen LogP contribution in [0.2, 0.25) is 0 Å². The molecule has 4 rings (SSSR count). The van der Waals surface area contributed by atoms with Crippen molar-refractivity contribution in [2.75, 3.05) is 14.2 Å². The van der Waals surface area contributed by atoms with Gasteiger partial charge in [-0.3, -0.25) is 4.79 Å². The van der Waals surface area contributed by atoms with Gasteiger partial charge in [0.1, 0.15) is 22.5 Å². The summed E-state index contributed by atoms with van der Waals surface area (Å²) in [6.45, 7) is 0. The molecule has 6 heteroatoms. The largest absolute Gasteiger partial charge is 0.496 e. The minimum Gasteiger partial charge on any atom is -0.496 e. The van der Waals surface area contributed by atoms with Gasteiger partial charge in [-0.2, -0.15) is 5.10 Å². The maximum atomic E-state index is 12.5. The van der Waals surface area contributed by atoms with Crippen LogP contribution in [0.5, 0.6) is 11.5 Å². The van der Waals surface area contributed by atoms with Gasteiger partial charge in [-0.25, -0.2) is 4.68 Å². The molecule has 0 bridgehead atoms. The van der Waals surface area contributed by atoms with Crippen molar-refractivity contribution in [1.82, 2.24) is 9.78 Å². The molecular formula is C18H14N2O4. The molecule has 120 valence electrons. The van der Waals surface area contributed by atoms with Gasteiger partial charge in [-0.15, -0.1) is 0 Å². The molecule has 0 unspecified atom stereocenters. The lowest BCUT2D eigenvalue weighted by molar-refractivity contribution is 0.396. The molecule has 0 aliphatic heterocycles. The van der Waals surface area contributed by atoms with Crippen LogP contribution in [0.3, 0.4) is 0 Å². The molecule has 0 radical (unpaired) electrons. The maximum Gasteiger partial charge on any atom is 0.224 e. The van der Waals surface area contributed by atoms with E-state index in [1.165, 1.54) is 13.2 Å². The molecule has 0 amide bonds. The number of ether oxygens (including phenoxy) is 2. The molecule has 0 saturated carbocycles. The molecule has 0 atom stereocenters. The van der Waals surface area contributed by atoms with E-state index in [2.05, 4.69) is 5.10 Å². The van der Waals surface area contributed by atoms with Crippen LogP contribution < -0.4 is 14.9 Å². The Balaban J connectivity index is 1.98. The van der Waals surface area contributed by atoms with Crippen LogP contribution in [0, 0.1) is 0 Å². The van der Waals surface area contributed by atoms with Crippen molar-refractivity contribution >= 4 is 21.9 Å². The number of methoxy groups -OCH3 is 2. The Morgan fingerprint density at radius 2 is 1.92 bits per heavy atom. The maximum absolute atomic E-state index is 12.5. The second-order valence-electron chi connectivity index (χ2n) is 5.28. The van der Waals surface area contributed by atoms with E-state index >= 15 is 0 Å². The van der Waals surface area contributed by atoms with Crippen molar-refractivity contribution in [1.29, 1.82) is 0 Å². The molecular weight excluding hydrogens is 308 g/mol. The second-order valence-corrected chi connectivity index (χ2v) is 5.28. The standard InChI is InChI=1S/C18H14N2O4/c1-22-12-7-15(23-2)18-14(21)9-17(24-16(18)8-12)20-10-11-5-3-4-6-13(11)19-20/h3-10H,1-2H3. The van der Waals surface area contributed by atoms with Gasteiger partial charge in [0.15, 0.2) is 5.43 Å². The van der Waals surface area contributed by atoms with Crippen molar-refractivity contribution in [2.45, 2.75) is 0 Å². The first-order chi connectivity index (χ1) is 11.7. The van der Waals surface area contributed by atoms with Crippen LogP contribution in [-0.4, -0.2) is 24.0 Å². The van der Waals surface area contributed by atoms with E-state index in [4.69, 9.17) is 13.9 Å². The highest BCUT2D eigenvalue weighted by molar-refractivity contribution is 5.85. The van der Waals surface area contributed by atoms with E-state index in [9.17, 15) is 4.79 Å². The lowest BCUT2D eigenvalue weighted by Crippen LogP contribution is -2.06. The molecule has 0 spiro atoms. The normalized spacial score (nSPS) is 11.1. The predicted molar refractivity (Wildman–Crippen MR) is 90.2 cm³/mol. The minimum atomic E-state index is -0.203. The number of benzene rings is 2. The third-order valence-electron chi connectivity index (χ3n) is 3.85. The minimum absolute atomic E-state index is 0.203. The zero-order valence-corrected chi connectivity index (χ0v) is 13.1. The molecule has 4 aromatic rings. The van der Waals surface area contributed by atoms with Gasteiger partial charge in [0.2, 0.25) is 5.88 Å². The molecule has 0 aliphatic carbocycles. The fourth-order valence-corrected chi connectivity index (χ4v) is 2.68. The van der Waals surface area contributed by atoms with Crippen molar-refractivity contribution in [3.05, 3.63) is 58.9 Å². The van der Waals surface area contributed by atoms with Gasteiger partial charge >= 0.3 is 0 Å². The summed E-state index contributed by atoms with van der Waals surface area (Å²) in [7, 11) is 3.05. The third-order valence-corrected chi connectivity index (χ3v) is 3.85. The molecule has 0 fully saturated rings. The lowest BCUT2D eigenvalue weighted by atomic mass is 10.2. The quantitative estimate of drug-likeness (QED) is 0.580. The van der Waals surface area contributed by atoms with Crippen LogP contribution in [-0.2, 0) is 0 Å². The Morgan fingerprint density at radius 3 is 2.67 bits per heavy atom. The smallest absolute Gasteiger partial charge is 0.224 e. The van der Waals surface area contributed by atoms with Gasteiger partial charge in [-0.1, -0.05) is 18.2 Å². The molecule has 0 aliphatic rings. The highest BCUT2D eigenvalue weighted by atomic mass is 16.5. The Bertz CT molecular complexity index is 1080. The van der Waals surface area contributed by atoms with E-state index in [-0.39, 0.29) is 5.43 Å². The topological polar surface area (TPSA) is 66.5 Å². The summed E-state index contributed by atoms with van der Waals surface area (Å²) in [6.07, 6.45) is 1.82. The summed E-state index contributed by atoms with van der Waals surface area (Å²) >= 11 is 0. The van der Waals surface area contributed by atoms with Crippen LogP contribution >= 0.6 is 0 Å². The summed E-state index contributed by atoms with van der Waals surface area (Å²) in [5.74, 6) is 1.29. The molecule has 2 heterocycles. The fraction of sp³-hybridized carbons (Fsp3) is 0.111. The lowest BCUT2D eigenvalue weighted by Gasteiger charge is -2.08. The first-order valence-electron chi connectivity index (χ1n) is 7.34. The second kappa shape index (κ2) is 5.42. The zero-order valence-electron chi connectivity index (χ0n) is 13.1. The first-order valence-corrected chi connectivity index (χ1v) is 7.34. The van der Waals surface area contributed by atoms with Gasteiger partial charge < -0.3 is 13.9 Å². The van der Waals surface area contributed by atoms with E-state index in [0.29, 0.717) is 28.4 Å². The summed E-state index contributed by atoms with van der Waals surface area (Å²) in [5, 5.41) is 5.77. The summed E-state index contributed by atoms with van der Waals surface area (Å²) in [6, 6.07) is 12.4. The predicted octanol–water partition coefficient (Wildman–Crippen LogP) is 3.15. The molecule has 0 saturated heterocycles. The highest BCUT2D eigenvalue weighted by Gasteiger charge is 2.14. The number of hydrogen-bond acceptors (Lipinski definition) is 5. The third kappa shape index (κ3) is 2.20. The van der Waals surface area contributed by atoms with Crippen LogP contribution in [0.1, 0.15) is 0 Å². The van der Waals surface area contributed by atoms with Crippen molar-refractivity contribution in [3.8, 4) is 17.4 Å². The summed E-state index contributed by atoms with van der Waals surface area (Å²) < 4.78 is 18.0. The Morgan fingerprint density at radius 1 is 1.08 bits per heavy atom. The van der Waals surface area contributed by atoms with Crippen LogP contribution in [0.15, 0.2) is 57.9 Å². The average Bonchev–Trinajstić information content (AvgIpc) is 3.04. The molecule has 24 heavy (non-hydrogen) atoms. The van der Waals surface area contributed by atoms with Gasteiger partial charge in [0.25, 0.3) is 0 Å². The number of nitrogens with zero attached hydrogens (tertiary/aromatic N) is 2. The van der Waals surface area contributed by atoms with Crippen molar-refractivity contribution < 1.29 is 13.9 Å². The molecule has 6 nitrogen and oxygen atoms in total. The zero-order chi connectivity index (χ0) is 16.7. The van der Waals surface area contributed by atoms with Crippen LogP contribution in [0.4, 0.5) is 0 Å². The number of fused-ring (bicyclic) bond motifs is 2. The molecule has 0 N–H and O–H groups in total. The SMILES string of the molecule is COc1cc(OC)c2c(=O)cc(-n3cc4ccccc4n3)oc2c1. The first kappa shape index (κ1) is 14.3. The monoisotopic (exact) mass is 322 g/mol. The van der Waals surface area contributed by atoms with Gasteiger partial charge in [0.05, 0.1) is 19.7 Å². The number of rotatable bonds is 3. The average molecular weight is 322 g/mol. The van der Waals surface area contributed by atoms with Crippen molar-refractivity contribution in [2.24, 2.45) is 0 Å². The molecule has 2 aromatic carbocycles. The van der Waals surface area contributed by atoms with Gasteiger partial charge in [0, 0.05) is 29.8 Å². The summed E-state index contributed by atoms with van der Waals surface area (Å²) in [4.78, 5) is 12.5. The number of hydrogen-bond donors (Lipinski definition) is 0. The van der Waals surface area contributed by atoms with E-state index in [0.717, 1.165) is 10.9 Å².